The van der Waals surface area contributed by atoms with E-state index >= 15 is 0 Å². The van der Waals surface area contributed by atoms with Gasteiger partial charge in [-0.25, -0.2) is 4.79 Å². The number of carbonyl (C=O) groups is 2. The first-order chi connectivity index (χ1) is 10.1. The molecule has 0 aromatic heterocycles. The predicted octanol–water partition coefficient (Wildman–Crippen LogP) is 2.56. The third-order valence-electron chi connectivity index (χ3n) is 3.06. The summed E-state index contributed by atoms with van der Waals surface area (Å²) in [4.78, 5) is 23.4. The van der Waals surface area contributed by atoms with Gasteiger partial charge in [0.1, 0.15) is 6.04 Å². The van der Waals surface area contributed by atoms with Crippen molar-refractivity contribution >= 4 is 11.9 Å². The quantitative estimate of drug-likeness (QED) is 0.849. The van der Waals surface area contributed by atoms with Crippen molar-refractivity contribution in [2.24, 2.45) is 5.92 Å². The molecule has 0 bridgehead atoms. The van der Waals surface area contributed by atoms with Gasteiger partial charge in [0, 0.05) is 0 Å². The first-order valence-corrected chi connectivity index (χ1v) is 6.68. The first-order valence-electron chi connectivity index (χ1n) is 6.68. The average Bonchev–Trinajstić information content (AvgIpc) is 2.43. The van der Waals surface area contributed by atoms with Crippen LogP contribution in [0.25, 0.3) is 0 Å². The zero-order chi connectivity index (χ0) is 16.9. The average molecular weight is 317 g/mol. The third kappa shape index (κ3) is 5.05. The number of rotatable bonds is 5. The SMILES string of the molecule is COC(=O)[C@@H](NC(=O)Cc1cccc(C(F)(F)F)c1)C(C)C. The Morgan fingerprint density at radius 3 is 2.41 bits per heavy atom. The Morgan fingerprint density at radius 2 is 1.91 bits per heavy atom. The summed E-state index contributed by atoms with van der Waals surface area (Å²) in [7, 11) is 1.21. The van der Waals surface area contributed by atoms with Crippen LogP contribution >= 0.6 is 0 Å². The number of alkyl halides is 3. The first kappa shape index (κ1) is 18.0. The van der Waals surface area contributed by atoms with Crippen LogP contribution in [0.4, 0.5) is 13.2 Å². The number of hydrogen-bond acceptors (Lipinski definition) is 3. The monoisotopic (exact) mass is 317 g/mol. The van der Waals surface area contributed by atoms with E-state index in [1.807, 2.05) is 0 Å². The lowest BCUT2D eigenvalue weighted by Gasteiger charge is -2.19. The molecule has 0 aliphatic heterocycles. The van der Waals surface area contributed by atoms with Gasteiger partial charge in [-0.2, -0.15) is 13.2 Å². The second kappa shape index (κ2) is 7.29. The molecule has 0 unspecified atom stereocenters. The number of amides is 1. The maximum absolute atomic E-state index is 12.6. The van der Waals surface area contributed by atoms with Gasteiger partial charge in [-0.05, 0) is 17.5 Å². The van der Waals surface area contributed by atoms with Crippen LogP contribution in [0.3, 0.4) is 0 Å². The van der Waals surface area contributed by atoms with Gasteiger partial charge in [0.2, 0.25) is 5.91 Å². The fourth-order valence-corrected chi connectivity index (χ4v) is 1.89. The zero-order valence-electron chi connectivity index (χ0n) is 12.5. The van der Waals surface area contributed by atoms with Gasteiger partial charge in [-0.1, -0.05) is 32.0 Å². The van der Waals surface area contributed by atoms with Crippen LogP contribution in [-0.2, 0) is 26.9 Å². The zero-order valence-corrected chi connectivity index (χ0v) is 12.5. The fourth-order valence-electron chi connectivity index (χ4n) is 1.89. The second-order valence-electron chi connectivity index (χ2n) is 5.19. The second-order valence-corrected chi connectivity index (χ2v) is 5.19. The van der Waals surface area contributed by atoms with E-state index in [0.717, 1.165) is 12.1 Å². The molecule has 1 aromatic carbocycles. The highest BCUT2D eigenvalue weighted by Gasteiger charge is 2.30. The number of esters is 1. The van der Waals surface area contributed by atoms with Crippen LogP contribution < -0.4 is 5.32 Å². The van der Waals surface area contributed by atoms with E-state index in [1.54, 1.807) is 13.8 Å². The van der Waals surface area contributed by atoms with Crippen LogP contribution in [0.5, 0.6) is 0 Å². The van der Waals surface area contributed by atoms with E-state index in [9.17, 15) is 22.8 Å². The smallest absolute Gasteiger partial charge is 0.416 e. The highest BCUT2D eigenvalue weighted by Crippen LogP contribution is 2.29. The molecule has 0 saturated heterocycles. The Bertz CT molecular complexity index is 541. The Morgan fingerprint density at radius 1 is 1.27 bits per heavy atom. The van der Waals surface area contributed by atoms with Crippen molar-refractivity contribution in [2.75, 3.05) is 7.11 Å². The van der Waals surface area contributed by atoms with Gasteiger partial charge in [-0.15, -0.1) is 0 Å². The number of methoxy groups -OCH3 is 1. The van der Waals surface area contributed by atoms with E-state index in [2.05, 4.69) is 10.1 Å². The molecule has 0 radical (unpaired) electrons. The minimum absolute atomic E-state index is 0.196. The van der Waals surface area contributed by atoms with Gasteiger partial charge in [0.15, 0.2) is 0 Å². The molecule has 22 heavy (non-hydrogen) atoms. The van der Waals surface area contributed by atoms with E-state index in [-0.39, 0.29) is 17.9 Å². The highest BCUT2D eigenvalue weighted by atomic mass is 19.4. The number of carbonyl (C=O) groups excluding carboxylic acids is 2. The Hall–Kier alpha value is -2.05. The number of hydrogen-bond donors (Lipinski definition) is 1. The molecule has 0 aliphatic carbocycles. The van der Waals surface area contributed by atoms with Crippen molar-refractivity contribution in [3.63, 3.8) is 0 Å². The van der Waals surface area contributed by atoms with Crippen molar-refractivity contribution in [1.82, 2.24) is 5.32 Å². The number of benzene rings is 1. The Labute approximate surface area is 126 Å². The fraction of sp³-hybridized carbons (Fsp3) is 0.467. The minimum atomic E-state index is -4.46. The summed E-state index contributed by atoms with van der Waals surface area (Å²) in [6.45, 7) is 3.46. The van der Waals surface area contributed by atoms with Crippen LogP contribution in [-0.4, -0.2) is 25.0 Å². The number of ether oxygens (including phenoxy) is 1. The molecule has 4 nitrogen and oxygen atoms in total. The lowest BCUT2D eigenvalue weighted by atomic mass is 10.0. The Kier molecular flexibility index (Phi) is 5.96. The molecule has 1 aromatic rings. The van der Waals surface area contributed by atoms with Crippen molar-refractivity contribution in [2.45, 2.75) is 32.5 Å². The molecular weight excluding hydrogens is 299 g/mol. The van der Waals surface area contributed by atoms with Crippen LogP contribution in [0.15, 0.2) is 24.3 Å². The van der Waals surface area contributed by atoms with Gasteiger partial charge in [0.05, 0.1) is 19.1 Å². The normalized spacial score (nSPS) is 12.9. The largest absolute Gasteiger partial charge is 0.467 e. The maximum atomic E-state index is 12.6. The molecule has 0 saturated carbocycles. The van der Waals surface area contributed by atoms with E-state index in [1.165, 1.54) is 19.2 Å². The summed E-state index contributed by atoms with van der Waals surface area (Å²) in [5, 5.41) is 2.48. The molecular formula is C15H18F3NO3. The standard InChI is InChI=1S/C15H18F3NO3/c1-9(2)13(14(21)22-3)19-12(20)8-10-5-4-6-11(7-10)15(16,17)18/h4-7,9,13H,8H2,1-3H3,(H,19,20)/t13-/m0/s1. The highest BCUT2D eigenvalue weighted by molar-refractivity contribution is 5.85. The van der Waals surface area contributed by atoms with Gasteiger partial charge >= 0.3 is 12.1 Å². The maximum Gasteiger partial charge on any atom is 0.416 e. The lowest BCUT2D eigenvalue weighted by molar-refractivity contribution is -0.146. The van der Waals surface area contributed by atoms with Gasteiger partial charge < -0.3 is 10.1 Å². The topological polar surface area (TPSA) is 55.4 Å². The number of halogens is 3. The van der Waals surface area contributed by atoms with Crippen molar-refractivity contribution in [3.05, 3.63) is 35.4 Å². The van der Waals surface area contributed by atoms with Crippen molar-refractivity contribution < 1.29 is 27.5 Å². The van der Waals surface area contributed by atoms with Crippen molar-refractivity contribution in [1.29, 1.82) is 0 Å². The summed E-state index contributed by atoms with van der Waals surface area (Å²) in [6, 6.07) is 3.70. The molecule has 1 amide bonds. The molecule has 7 heteroatoms. The number of nitrogens with one attached hydrogen (secondary N) is 1. The van der Waals surface area contributed by atoms with Crippen LogP contribution in [0.2, 0.25) is 0 Å². The summed E-state index contributed by atoms with van der Waals surface area (Å²) in [5.74, 6) is -1.33. The molecule has 0 fully saturated rings. The summed E-state index contributed by atoms with van der Waals surface area (Å²) >= 11 is 0. The van der Waals surface area contributed by atoms with Gasteiger partial charge in [0.25, 0.3) is 0 Å². The third-order valence-corrected chi connectivity index (χ3v) is 3.06. The van der Waals surface area contributed by atoms with Gasteiger partial charge in [-0.3, -0.25) is 4.79 Å². The molecule has 0 spiro atoms. The molecule has 0 aliphatic rings. The van der Waals surface area contributed by atoms with E-state index in [0.29, 0.717) is 0 Å². The summed E-state index contributed by atoms with van der Waals surface area (Å²) < 4.78 is 42.4. The van der Waals surface area contributed by atoms with E-state index in [4.69, 9.17) is 0 Å². The van der Waals surface area contributed by atoms with E-state index < -0.39 is 29.7 Å². The van der Waals surface area contributed by atoms with Crippen LogP contribution in [0, 0.1) is 5.92 Å². The summed E-state index contributed by atoms with van der Waals surface area (Å²) in [6.07, 6.45) is -4.71. The predicted molar refractivity (Wildman–Crippen MR) is 73.9 cm³/mol. The van der Waals surface area contributed by atoms with Crippen LogP contribution in [0.1, 0.15) is 25.0 Å². The molecule has 1 rings (SSSR count). The van der Waals surface area contributed by atoms with Crippen molar-refractivity contribution in [3.8, 4) is 0 Å². The Balaban J connectivity index is 2.78. The molecule has 1 atom stereocenters. The lowest BCUT2D eigenvalue weighted by Crippen LogP contribution is -2.45. The molecule has 1 N–H and O–H groups in total. The summed E-state index contributed by atoms with van der Waals surface area (Å²) in [5.41, 5.74) is -0.592. The minimum Gasteiger partial charge on any atom is -0.467 e. The molecule has 0 heterocycles. The molecule has 122 valence electrons.